The van der Waals surface area contributed by atoms with E-state index in [-0.39, 0.29) is 19.3 Å². The van der Waals surface area contributed by atoms with E-state index in [1.54, 1.807) is 74.5 Å². The average Bonchev–Trinajstić information content (AvgIpc) is 3.31. The molecule has 10 heteroatoms. The first-order valence-electron chi connectivity index (χ1n) is 10.7. The fourth-order valence-electron chi connectivity index (χ4n) is 2.80. The highest BCUT2D eigenvalue weighted by atomic mass is 35.5. The number of carbonyl (C=O) groups excluding carboxylic acids is 3. The third kappa shape index (κ3) is 8.01. The second-order valence-electron chi connectivity index (χ2n) is 7.53. The molecule has 0 aliphatic heterocycles. The normalized spacial score (nSPS) is 10.9. The maximum atomic E-state index is 12.1. The van der Waals surface area contributed by atoms with Crippen LogP contribution in [-0.4, -0.2) is 43.3 Å². The van der Waals surface area contributed by atoms with Crippen molar-refractivity contribution in [2.24, 2.45) is 5.10 Å². The molecule has 0 bridgehead atoms. The third-order valence-corrected chi connectivity index (χ3v) is 4.69. The number of amides is 2. The van der Waals surface area contributed by atoms with Gasteiger partial charge in [0.25, 0.3) is 11.8 Å². The van der Waals surface area contributed by atoms with Gasteiger partial charge >= 0.3 is 5.97 Å². The monoisotopic (exact) mass is 497 g/mol. The zero-order chi connectivity index (χ0) is 25.2. The molecular formula is C25H24ClN3O6. The van der Waals surface area contributed by atoms with Crippen LogP contribution in [0.2, 0.25) is 5.02 Å². The molecule has 0 atom stereocenters. The van der Waals surface area contributed by atoms with Crippen LogP contribution in [0.15, 0.2) is 70.2 Å². The van der Waals surface area contributed by atoms with Crippen molar-refractivity contribution < 1.29 is 28.3 Å². The molecule has 0 fully saturated rings. The van der Waals surface area contributed by atoms with Gasteiger partial charge in [-0.25, -0.2) is 10.2 Å². The molecule has 2 N–H and O–H groups in total. The molecule has 1 heterocycles. The second kappa shape index (κ2) is 12.4. The summed E-state index contributed by atoms with van der Waals surface area (Å²) in [5.74, 6) is -0.163. The predicted molar refractivity (Wildman–Crippen MR) is 130 cm³/mol. The largest absolute Gasteiger partial charge is 0.482 e. The molecule has 182 valence electrons. The van der Waals surface area contributed by atoms with Gasteiger partial charge in [0.15, 0.2) is 6.61 Å². The highest BCUT2D eigenvalue weighted by molar-refractivity contribution is 6.32. The number of hydrogen-bond donors (Lipinski definition) is 2. The van der Waals surface area contributed by atoms with E-state index < -0.39 is 17.8 Å². The van der Waals surface area contributed by atoms with Gasteiger partial charge in [0.05, 0.1) is 29.4 Å². The fraction of sp³-hybridized carbons (Fsp3) is 0.200. The number of hydrazone groups is 1. The minimum Gasteiger partial charge on any atom is -0.482 e. The van der Waals surface area contributed by atoms with Crippen LogP contribution in [0, 0.1) is 0 Å². The number of para-hydroxylation sites is 1. The molecule has 0 radical (unpaired) electrons. The van der Waals surface area contributed by atoms with Crippen LogP contribution in [0.25, 0.3) is 11.3 Å². The van der Waals surface area contributed by atoms with Crippen LogP contribution in [0.5, 0.6) is 5.75 Å². The number of carbonyl (C=O) groups is 3. The lowest BCUT2D eigenvalue weighted by Crippen LogP contribution is -2.37. The van der Waals surface area contributed by atoms with Crippen LogP contribution in [0.4, 0.5) is 0 Å². The Morgan fingerprint density at radius 1 is 1.06 bits per heavy atom. The van der Waals surface area contributed by atoms with Crippen LogP contribution in [0.3, 0.4) is 0 Å². The van der Waals surface area contributed by atoms with Crippen molar-refractivity contribution in [3.63, 3.8) is 0 Å². The topological polar surface area (TPSA) is 119 Å². The van der Waals surface area contributed by atoms with E-state index in [1.807, 2.05) is 0 Å². The van der Waals surface area contributed by atoms with Gasteiger partial charge in [-0.15, -0.1) is 0 Å². The highest BCUT2D eigenvalue weighted by Gasteiger charge is 2.12. The summed E-state index contributed by atoms with van der Waals surface area (Å²) >= 11 is 5.95. The maximum absolute atomic E-state index is 12.1. The summed E-state index contributed by atoms with van der Waals surface area (Å²) in [6.07, 6.45) is 1.10. The Morgan fingerprint density at radius 3 is 2.63 bits per heavy atom. The number of nitrogens with one attached hydrogen (secondary N) is 2. The molecule has 0 saturated carbocycles. The van der Waals surface area contributed by atoms with E-state index >= 15 is 0 Å². The molecule has 3 rings (SSSR count). The highest BCUT2D eigenvalue weighted by Crippen LogP contribution is 2.24. The number of rotatable bonds is 10. The SMILES string of the molecule is CC(C)OC(=O)c1cccc(-c2ccc(/C=N\NC(=O)CNC(=O)COc3ccccc3Cl)o2)c1. The van der Waals surface area contributed by atoms with Gasteiger partial charge in [0.2, 0.25) is 0 Å². The van der Waals surface area contributed by atoms with Gasteiger partial charge in [-0.3, -0.25) is 9.59 Å². The average molecular weight is 498 g/mol. The summed E-state index contributed by atoms with van der Waals surface area (Å²) in [5.41, 5.74) is 3.39. The van der Waals surface area contributed by atoms with E-state index in [0.29, 0.717) is 33.4 Å². The number of hydrogen-bond acceptors (Lipinski definition) is 7. The molecule has 0 spiro atoms. The minimum absolute atomic E-state index is 0.220. The Labute approximate surface area is 207 Å². The number of esters is 1. The first-order chi connectivity index (χ1) is 16.8. The van der Waals surface area contributed by atoms with Crippen molar-refractivity contribution >= 4 is 35.6 Å². The molecule has 2 aromatic carbocycles. The Hall–Kier alpha value is -4.11. The summed E-state index contributed by atoms with van der Waals surface area (Å²) in [6.45, 7) is 2.99. The number of benzene rings is 2. The number of nitrogens with zero attached hydrogens (tertiary/aromatic N) is 1. The standard InChI is InChI=1S/C25H24ClN3O6/c1-16(2)34-25(32)18-7-5-6-17(12-18)21-11-10-19(35-21)13-28-29-23(30)14-27-24(31)15-33-22-9-4-3-8-20(22)26/h3-13,16H,14-15H2,1-2H3,(H,27,31)(H,29,30)/b28-13-. The fourth-order valence-corrected chi connectivity index (χ4v) is 2.99. The van der Waals surface area contributed by atoms with Crippen LogP contribution in [-0.2, 0) is 14.3 Å². The van der Waals surface area contributed by atoms with Crippen molar-refractivity contribution in [1.29, 1.82) is 0 Å². The zero-order valence-corrected chi connectivity index (χ0v) is 19.9. The van der Waals surface area contributed by atoms with Crippen molar-refractivity contribution in [2.75, 3.05) is 13.2 Å². The van der Waals surface area contributed by atoms with E-state index in [2.05, 4.69) is 15.8 Å². The lowest BCUT2D eigenvalue weighted by molar-refractivity contribution is -0.127. The summed E-state index contributed by atoms with van der Waals surface area (Å²) < 4.78 is 16.2. The van der Waals surface area contributed by atoms with Crippen molar-refractivity contribution in [2.45, 2.75) is 20.0 Å². The molecule has 2 amide bonds. The Balaban J connectivity index is 1.45. The van der Waals surface area contributed by atoms with Gasteiger partial charge in [-0.1, -0.05) is 35.9 Å². The second-order valence-corrected chi connectivity index (χ2v) is 7.93. The number of furan rings is 1. The first kappa shape index (κ1) is 25.5. The molecule has 9 nitrogen and oxygen atoms in total. The zero-order valence-electron chi connectivity index (χ0n) is 19.1. The third-order valence-electron chi connectivity index (χ3n) is 4.37. The Morgan fingerprint density at radius 2 is 1.86 bits per heavy atom. The van der Waals surface area contributed by atoms with Gasteiger partial charge in [0.1, 0.15) is 17.3 Å². The molecule has 3 aromatic rings. The van der Waals surface area contributed by atoms with E-state index in [0.717, 1.165) is 0 Å². The van der Waals surface area contributed by atoms with Crippen LogP contribution < -0.4 is 15.5 Å². The van der Waals surface area contributed by atoms with E-state index in [4.69, 9.17) is 25.5 Å². The van der Waals surface area contributed by atoms with Gasteiger partial charge in [0, 0.05) is 5.56 Å². The Kier molecular flexibility index (Phi) is 9.02. The van der Waals surface area contributed by atoms with Crippen LogP contribution >= 0.6 is 11.6 Å². The molecular weight excluding hydrogens is 474 g/mol. The molecule has 0 saturated heterocycles. The van der Waals surface area contributed by atoms with Gasteiger partial charge in [-0.05, 0) is 50.2 Å². The predicted octanol–water partition coefficient (Wildman–Crippen LogP) is 3.81. The molecule has 0 aliphatic rings. The van der Waals surface area contributed by atoms with Gasteiger partial charge in [-0.2, -0.15) is 5.10 Å². The van der Waals surface area contributed by atoms with Crippen LogP contribution in [0.1, 0.15) is 30.0 Å². The summed E-state index contributed by atoms with van der Waals surface area (Å²) in [7, 11) is 0. The minimum atomic E-state index is -0.532. The number of halogens is 1. The smallest absolute Gasteiger partial charge is 0.338 e. The lowest BCUT2D eigenvalue weighted by atomic mass is 10.1. The molecule has 0 aliphatic carbocycles. The number of ether oxygens (including phenoxy) is 2. The maximum Gasteiger partial charge on any atom is 0.338 e. The molecule has 1 aromatic heterocycles. The van der Waals surface area contributed by atoms with E-state index in [1.165, 1.54) is 6.21 Å². The summed E-state index contributed by atoms with van der Waals surface area (Å²) in [4.78, 5) is 35.8. The van der Waals surface area contributed by atoms with Crippen molar-refractivity contribution in [3.8, 4) is 17.1 Å². The summed E-state index contributed by atoms with van der Waals surface area (Å²) in [6, 6.07) is 17.0. The quantitative estimate of drug-likeness (QED) is 0.250. The Bertz CT molecular complexity index is 1220. The van der Waals surface area contributed by atoms with Crippen molar-refractivity contribution in [1.82, 2.24) is 10.7 Å². The lowest BCUT2D eigenvalue weighted by Gasteiger charge is -2.08. The summed E-state index contributed by atoms with van der Waals surface area (Å²) in [5, 5.41) is 6.62. The van der Waals surface area contributed by atoms with Crippen molar-refractivity contribution in [3.05, 3.63) is 77.0 Å². The molecule has 35 heavy (non-hydrogen) atoms. The molecule has 0 unspecified atom stereocenters. The van der Waals surface area contributed by atoms with Gasteiger partial charge < -0.3 is 19.2 Å². The van der Waals surface area contributed by atoms with E-state index in [9.17, 15) is 14.4 Å². The first-order valence-corrected chi connectivity index (χ1v) is 11.1.